The molecule has 0 aliphatic carbocycles. The van der Waals surface area contributed by atoms with E-state index in [2.05, 4.69) is 9.80 Å². The molecule has 1 atom stereocenters. The third-order valence-corrected chi connectivity index (χ3v) is 5.13. The van der Waals surface area contributed by atoms with E-state index in [1.54, 1.807) is 0 Å². The summed E-state index contributed by atoms with van der Waals surface area (Å²) in [5.74, 6) is 0.911. The summed E-state index contributed by atoms with van der Waals surface area (Å²) in [4.78, 5) is 5.29. The van der Waals surface area contributed by atoms with Gasteiger partial charge in [-0.1, -0.05) is 18.0 Å². The molecule has 3 nitrogen and oxygen atoms in total. The lowest BCUT2D eigenvalue weighted by Gasteiger charge is -2.41. The minimum Gasteiger partial charge on any atom is -0.492 e. The van der Waals surface area contributed by atoms with Crippen molar-refractivity contribution in [1.82, 2.24) is 9.80 Å². The van der Waals surface area contributed by atoms with Crippen molar-refractivity contribution in [1.29, 1.82) is 0 Å². The van der Waals surface area contributed by atoms with Crippen molar-refractivity contribution in [2.45, 2.75) is 38.1 Å². The Morgan fingerprint density at radius 2 is 1.77 bits per heavy atom. The van der Waals surface area contributed by atoms with Gasteiger partial charge in [-0.2, -0.15) is 0 Å². The second-order valence-corrected chi connectivity index (χ2v) is 6.93. The Bertz CT molecular complexity index is 445. The highest BCUT2D eigenvalue weighted by Gasteiger charge is 2.25. The van der Waals surface area contributed by atoms with Gasteiger partial charge in [-0.15, -0.1) is 0 Å². The molecular formula is C18H27ClN2O. The molecule has 1 unspecified atom stereocenters. The molecule has 2 heterocycles. The largest absolute Gasteiger partial charge is 0.492 e. The van der Waals surface area contributed by atoms with Crippen molar-refractivity contribution >= 4 is 11.6 Å². The molecule has 0 N–H and O–H groups in total. The molecule has 4 heteroatoms. The highest BCUT2D eigenvalue weighted by molar-refractivity contribution is 6.30. The first-order chi connectivity index (χ1) is 10.8. The van der Waals surface area contributed by atoms with Crippen molar-refractivity contribution in [3.63, 3.8) is 0 Å². The molecule has 2 aliphatic rings. The van der Waals surface area contributed by atoms with Crippen molar-refractivity contribution in [3.05, 3.63) is 29.3 Å². The Labute approximate surface area is 139 Å². The molecule has 0 radical (unpaired) electrons. The van der Waals surface area contributed by atoms with Gasteiger partial charge in [-0.05, 0) is 69.6 Å². The van der Waals surface area contributed by atoms with Crippen LogP contribution >= 0.6 is 11.6 Å². The van der Waals surface area contributed by atoms with E-state index in [0.717, 1.165) is 30.0 Å². The zero-order valence-corrected chi connectivity index (χ0v) is 14.1. The summed E-state index contributed by atoms with van der Waals surface area (Å²) in [6.45, 7) is 6.82. The van der Waals surface area contributed by atoms with Gasteiger partial charge in [0.15, 0.2) is 0 Å². The molecule has 1 aromatic carbocycles. The molecular weight excluding hydrogens is 296 g/mol. The number of benzene rings is 1. The Hall–Kier alpha value is -0.770. The fourth-order valence-electron chi connectivity index (χ4n) is 3.64. The summed E-state index contributed by atoms with van der Waals surface area (Å²) in [6.07, 6.45) is 6.88. The molecule has 2 fully saturated rings. The van der Waals surface area contributed by atoms with Crippen molar-refractivity contribution < 1.29 is 4.74 Å². The van der Waals surface area contributed by atoms with Gasteiger partial charge in [0.25, 0.3) is 0 Å². The van der Waals surface area contributed by atoms with Gasteiger partial charge in [-0.25, -0.2) is 0 Å². The van der Waals surface area contributed by atoms with Crippen LogP contribution in [0.5, 0.6) is 5.75 Å². The second kappa shape index (κ2) is 8.19. The number of ether oxygens (including phenoxy) is 1. The molecule has 0 bridgehead atoms. The molecule has 1 aromatic rings. The Morgan fingerprint density at radius 3 is 2.55 bits per heavy atom. The van der Waals surface area contributed by atoms with E-state index in [4.69, 9.17) is 16.3 Å². The number of piperidine rings is 2. The zero-order valence-electron chi connectivity index (χ0n) is 13.3. The van der Waals surface area contributed by atoms with Gasteiger partial charge in [0, 0.05) is 24.2 Å². The summed E-state index contributed by atoms with van der Waals surface area (Å²) in [5.41, 5.74) is 0. The number of hydrogen-bond donors (Lipinski definition) is 0. The number of nitrogens with zero attached hydrogens (tertiary/aromatic N) is 2. The lowest BCUT2D eigenvalue weighted by atomic mass is 10.0. The quantitative estimate of drug-likeness (QED) is 0.822. The molecule has 0 amide bonds. The van der Waals surface area contributed by atoms with E-state index in [0.29, 0.717) is 0 Å². The Balaban J connectivity index is 1.41. The van der Waals surface area contributed by atoms with E-state index >= 15 is 0 Å². The van der Waals surface area contributed by atoms with Crippen LogP contribution < -0.4 is 4.74 Å². The molecule has 3 rings (SSSR count). The number of halogens is 1. The third kappa shape index (κ3) is 4.61. The monoisotopic (exact) mass is 322 g/mol. The molecule has 2 aliphatic heterocycles. The standard InChI is InChI=1S/C18H27ClN2O/c19-16-6-8-18(9-7-16)22-14-13-20-10-4-5-17(15-20)21-11-2-1-3-12-21/h6-9,17H,1-5,10-15H2. The van der Waals surface area contributed by atoms with Gasteiger partial charge in [-0.3, -0.25) is 9.80 Å². The van der Waals surface area contributed by atoms with E-state index < -0.39 is 0 Å². The van der Waals surface area contributed by atoms with Gasteiger partial charge in [0.2, 0.25) is 0 Å². The van der Waals surface area contributed by atoms with E-state index in [-0.39, 0.29) is 0 Å². The first-order valence-corrected chi connectivity index (χ1v) is 9.04. The summed E-state index contributed by atoms with van der Waals surface area (Å²) in [6, 6.07) is 8.41. The van der Waals surface area contributed by atoms with Crippen LogP contribution in [0.4, 0.5) is 0 Å². The number of rotatable bonds is 5. The maximum absolute atomic E-state index is 5.89. The summed E-state index contributed by atoms with van der Waals surface area (Å²) < 4.78 is 5.83. The third-order valence-electron chi connectivity index (χ3n) is 4.88. The smallest absolute Gasteiger partial charge is 0.119 e. The van der Waals surface area contributed by atoms with Crippen molar-refractivity contribution in [2.75, 3.05) is 39.3 Å². The van der Waals surface area contributed by atoms with Crippen LogP contribution in [-0.2, 0) is 0 Å². The fourth-order valence-corrected chi connectivity index (χ4v) is 3.77. The van der Waals surface area contributed by atoms with E-state index in [1.165, 1.54) is 58.3 Å². The molecule has 22 heavy (non-hydrogen) atoms. The highest BCUT2D eigenvalue weighted by Crippen LogP contribution is 2.20. The lowest BCUT2D eigenvalue weighted by Crippen LogP contribution is -2.50. The van der Waals surface area contributed by atoms with Crippen LogP contribution in [-0.4, -0.2) is 55.2 Å². The highest BCUT2D eigenvalue weighted by atomic mass is 35.5. The first kappa shape index (κ1) is 16.1. The summed E-state index contributed by atoms with van der Waals surface area (Å²) in [5, 5.41) is 0.757. The minimum absolute atomic E-state index is 0.757. The number of hydrogen-bond acceptors (Lipinski definition) is 3. The average Bonchev–Trinajstić information content (AvgIpc) is 2.58. The topological polar surface area (TPSA) is 15.7 Å². The van der Waals surface area contributed by atoms with E-state index in [1.807, 2.05) is 24.3 Å². The summed E-state index contributed by atoms with van der Waals surface area (Å²) in [7, 11) is 0. The van der Waals surface area contributed by atoms with Crippen LogP contribution in [0.2, 0.25) is 5.02 Å². The van der Waals surface area contributed by atoms with Gasteiger partial charge in [0.05, 0.1) is 0 Å². The maximum atomic E-state index is 5.89. The Kier molecular flexibility index (Phi) is 5.99. The van der Waals surface area contributed by atoms with Gasteiger partial charge >= 0.3 is 0 Å². The molecule has 2 saturated heterocycles. The molecule has 122 valence electrons. The van der Waals surface area contributed by atoms with Crippen LogP contribution in [0.25, 0.3) is 0 Å². The van der Waals surface area contributed by atoms with E-state index in [9.17, 15) is 0 Å². The van der Waals surface area contributed by atoms with Crippen molar-refractivity contribution in [2.24, 2.45) is 0 Å². The number of likely N-dealkylation sites (tertiary alicyclic amines) is 2. The Morgan fingerprint density at radius 1 is 1.00 bits per heavy atom. The predicted molar refractivity (Wildman–Crippen MR) is 91.8 cm³/mol. The van der Waals surface area contributed by atoms with Crippen LogP contribution in [0, 0.1) is 0 Å². The van der Waals surface area contributed by atoms with Crippen LogP contribution in [0.3, 0.4) is 0 Å². The normalized spacial score (nSPS) is 24.3. The SMILES string of the molecule is Clc1ccc(OCCN2CCCC(N3CCCCC3)C2)cc1. The maximum Gasteiger partial charge on any atom is 0.119 e. The molecule has 0 aromatic heterocycles. The van der Waals surface area contributed by atoms with Crippen LogP contribution in [0.1, 0.15) is 32.1 Å². The van der Waals surface area contributed by atoms with Crippen LogP contribution in [0.15, 0.2) is 24.3 Å². The predicted octanol–water partition coefficient (Wildman–Crippen LogP) is 3.67. The zero-order chi connectivity index (χ0) is 15.2. The molecule has 0 saturated carbocycles. The fraction of sp³-hybridized carbons (Fsp3) is 0.667. The van der Waals surface area contributed by atoms with Crippen molar-refractivity contribution in [3.8, 4) is 5.75 Å². The van der Waals surface area contributed by atoms with Gasteiger partial charge in [0.1, 0.15) is 12.4 Å². The first-order valence-electron chi connectivity index (χ1n) is 8.66. The summed E-state index contributed by atoms with van der Waals surface area (Å²) >= 11 is 5.89. The second-order valence-electron chi connectivity index (χ2n) is 6.50. The average molecular weight is 323 g/mol. The van der Waals surface area contributed by atoms with Gasteiger partial charge < -0.3 is 4.74 Å². The molecule has 0 spiro atoms. The lowest BCUT2D eigenvalue weighted by molar-refractivity contribution is 0.0753. The minimum atomic E-state index is 0.757.